The molecule has 4 rings (SSSR count). The van der Waals surface area contributed by atoms with Crippen LogP contribution in [0.1, 0.15) is 38.5 Å². The smallest absolute Gasteiger partial charge is 0.251 e. The molecule has 3 aliphatic rings. The van der Waals surface area contributed by atoms with E-state index in [1.807, 2.05) is 18.2 Å². The van der Waals surface area contributed by atoms with Gasteiger partial charge in [-0.1, -0.05) is 0 Å². The van der Waals surface area contributed by atoms with Gasteiger partial charge in [-0.3, -0.25) is 4.79 Å². The van der Waals surface area contributed by atoms with Crippen molar-refractivity contribution >= 4 is 11.6 Å². The molecule has 0 radical (unpaired) electrons. The van der Waals surface area contributed by atoms with Crippen LogP contribution in [0, 0.1) is 5.92 Å². The van der Waals surface area contributed by atoms with Crippen LogP contribution in [0.4, 0.5) is 5.69 Å². The van der Waals surface area contributed by atoms with E-state index in [-0.39, 0.29) is 5.91 Å². The van der Waals surface area contributed by atoms with Gasteiger partial charge in [0.15, 0.2) is 11.5 Å². The van der Waals surface area contributed by atoms with Crippen molar-refractivity contribution in [3.05, 3.63) is 18.2 Å². The Morgan fingerprint density at radius 3 is 2.82 bits per heavy atom. The molecule has 1 spiro atoms. The molecule has 1 aromatic rings. The monoisotopic (exact) mass is 303 g/mol. The van der Waals surface area contributed by atoms with Gasteiger partial charge in [0.1, 0.15) is 0 Å². The number of rotatable bonds is 3. The molecule has 1 aliphatic carbocycles. The number of carbonyl (C=O) groups is 1. The van der Waals surface area contributed by atoms with E-state index in [1.54, 1.807) is 0 Å². The van der Waals surface area contributed by atoms with Gasteiger partial charge in [-0.2, -0.15) is 0 Å². The number of anilines is 1. The molecule has 1 unspecified atom stereocenters. The highest BCUT2D eigenvalue weighted by atomic mass is 16.7. The lowest BCUT2D eigenvalue weighted by molar-refractivity contribution is -0.117. The molecule has 5 heteroatoms. The van der Waals surface area contributed by atoms with Gasteiger partial charge in [0.25, 0.3) is 5.79 Å². The fourth-order valence-electron chi connectivity index (χ4n) is 3.51. The number of hydrogen-bond donors (Lipinski definition) is 1. The normalized spacial score (nSPS) is 24.8. The van der Waals surface area contributed by atoms with Crippen molar-refractivity contribution in [2.24, 2.45) is 5.92 Å². The molecule has 1 saturated carbocycles. The summed E-state index contributed by atoms with van der Waals surface area (Å²) in [6.45, 7) is 1.46. The second kappa shape index (κ2) is 5.47. The third kappa shape index (κ3) is 2.65. The van der Waals surface area contributed by atoms with Crippen LogP contribution >= 0.6 is 0 Å². The largest absolute Gasteiger partial charge is 0.448 e. The standard InChI is InChI=1S/C17H21NO4/c19-16(9-12-5-8-20-11-12)18-13-3-4-14-15(10-13)22-17(21-14)6-1-2-7-17/h3-4,10,12H,1-2,5-9,11H2,(H,18,19). The first-order valence-electron chi connectivity index (χ1n) is 8.12. The average molecular weight is 303 g/mol. The van der Waals surface area contributed by atoms with Crippen molar-refractivity contribution < 1.29 is 19.0 Å². The van der Waals surface area contributed by atoms with Crippen molar-refractivity contribution in [1.82, 2.24) is 0 Å². The summed E-state index contributed by atoms with van der Waals surface area (Å²) in [5.41, 5.74) is 0.765. The molecule has 0 bridgehead atoms. The number of benzene rings is 1. The van der Waals surface area contributed by atoms with Crippen LogP contribution in [0.5, 0.6) is 11.5 Å². The zero-order valence-corrected chi connectivity index (χ0v) is 12.6. The third-order valence-electron chi connectivity index (χ3n) is 4.68. The van der Waals surface area contributed by atoms with Gasteiger partial charge < -0.3 is 19.5 Å². The minimum atomic E-state index is -0.452. The zero-order chi connectivity index (χ0) is 15.0. The number of fused-ring (bicyclic) bond motifs is 1. The van der Waals surface area contributed by atoms with E-state index in [9.17, 15) is 4.79 Å². The van der Waals surface area contributed by atoms with E-state index in [1.165, 1.54) is 0 Å². The first-order chi connectivity index (χ1) is 10.7. The van der Waals surface area contributed by atoms with E-state index in [0.29, 0.717) is 18.9 Å². The predicted molar refractivity (Wildman–Crippen MR) is 81.1 cm³/mol. The Labute approximate surface area is 129 Å². The number of nitrogens with one attached hydrogen (secondary N) is 1. The first kappa shape index (κ1) is 13.9. The maximum absolute atomic E-state index is 12.1. The fraction of sp³-hybridized carbons (Fsp3) is 0.588. The van der Waals surface area contributed by atoms with Crippen LogP contribution in [-0.4, -0.2) is 24.9 Å². The molecular formula is C17H21NO4. The van der Waals surface area contributed by atoms with E-state index in [2.05, 4.69) is 5.32 Å². The van der Waals surface area contributed by atoms with E-state index in [4.69, 9.17) is 14.2 Å². The van der Waals surface area contributed by atoms with Crippen molar-refractivity contribution in [3.8, 4) is 11.5 Å². The SMILES string of the molecule is O=C(CC1CCOC1)Nc1ccc2c(c1)OC1(CCCC1)O2. The molecule has 0 aromatic heterocycles. The van der Waals surface area contributed by atoms with Gasteiger partial charge in [0.2, 0.25) is 5.91 Å². The molecule has 118 valence electrons. The third-order valence-corrected chi connectivity index (χ3v) is 4.68. The molecule has 1 N–H and O–H groups in total. The minimum Gasteiger partial charge on any atom is -0.448 e. The number of amides is 1. The maximum atomic E-state index is 12.1. The lowest BCUT2D eigenvalue weighted by Crippen LogP contribution is -2.34. The highest BCUT2D eigenvalue weighted by Gasteiger charge is 2.44. The van der Waals surface area contributed by atoms with Crippen LogP contribution in [0.2, 0.25) is 0 Å². The Morgan fingerprint density at radius 2 is 2.05 bits per heavy atom. The Kier molecular flexibility index (Phi) is 3.45. The summed E-state index contributed by atoms with van der Waals surface area (Å²) in [4.78, 5) is 12.1. The van der Waals surface area contributed by atoms with E-state index in [0.717, 1.165) is 55.9 Å². The summed E-state index contributed by atoms with van der Waals surface area (Å²) in [6, 6.07) is 5.63. The van der Waals surface area contributed by atoms with Gasteiger partial charge >= 0.3 is 0 Å². The van der Waals surface area contributed by atoms with Crippen molar-refractivity contribution in [1.29, 1.82) is 0 Å². The molecule has 2 heterocycles. The van der Waals surface area contributed by atoms with Gasteiger partial charge in [-0.15, -0.1) is 0 Å². The number of carbonyl (C=O) groups excluding carboxylic acids is 1. The summed E-state index contributed by atoms with van der Waals surface area (Å²) in [7, 11) is 0. The Hall–Kier alpha value is -1.75. The minimum absolute atomic E-state index is 0.0324. The average Bonchev–Trinajstić information content (AvgIpc) is 3.20. The lowest BCUT2D eigenvalue weighted by Gasteiger charge is -2.21. The fourth-order valence-corrected chi connectivity index (χ4v) is 3.51. The molecule has 1 saturated heterocycles. The molecule has 1 aromatic carbocycles. The number of hydrogen-bond acceptors (Lipinski definition) is 4. The van der Waals surface area contributed by atoms with Crippen molar-refractivity contribution in [2.75, 3.05) is 18.5 Å². The zero-order valence-electron chi connectivity index (χ0n) is 12.6. The molecule has 5 nitrogen and oxygen atoms in total. The quantitative estimate of drug-likeness (QED) is 0.932. The Bertz CT molecular complexity index is 574. The molecule has 2 fully saturated rings. The van der Waals surface area contributed by atoms with Crippen LogP contribution in [0.25, 0.3) is 0 Å². The highest BCUT2D eigenvalue weighted by Crippen LogP contribution is 2.47. The maximum Gasteiger partial charge on any atom is 0.251 e. The van der Waals surface area contributed by atoms with Crippen LogP contribution < -0.4 is 14.8 Å². The lowest BCUT2D eigenvalue weighted by atomic mass is 10.0. The summed E-state index contributed by atoms with van der Waals surface area (Å²) in [6.07, 6.45) is 5.63. The molecule has 1 atom stereocenters. The van der Waals surface area contributed by atoms with Crippen molar-refractivity contribution in [3.63, 3.8) is 0 Å². The molecule has 2 aliphatic heterocycles. The topological polar surface area (TPSA) is 56.8 Å². The Balaban J connectivity index is 1.41. The summed E-state index contributed by atoms with van der Waals surface area (Å²) in [5, 5.41) is 2.95. The second-order valence-corrected chi connectivity index (χ2v) is 6.47. The highest BCUT2D eigenvalue weighted by molar-refractivity contribution is 5.91. The van der Waals surface area contributed by atoms with Crippen LogP contribution in [0.15, 0.2) is 18.2 Å². The summed E-state index contributed by atoms with van der Waals surface area (Å²) >= 11 is 0. The van der Waals surface area contributed by atoms with Crippen LogP contribution in [-0.2, 0) is 9.53 Å². The molecular weight excluding hydrogens is 282 g/mol. The molecule has 1 amide bonds. The van der Waals surface area contributed by atoms with Crippen molar-refractivity contribution in [2.45, 2.75) is 44.3 Å². The second-order valence-electron chi connectivity index (χ2n) is 6.47. The van der Waals surface area contributed by atoms with E-state index >= 15 is 0 Å². The summed E-state index contributed by atoms with van der Waals surface area (Å²) < 4.78 is 17.3. The number of ether oxygens (including phenoxy) is 3. The summed E-state index contributed by atoms with van der Waals surface area (Å²) in [5.74, 6) is 1.44. The van der Waals surface area contributed by atoms with E-state index < -0.39 is 5.79 Å². The van der Waals surface area contributed by atoms with Gasteiger partial charge in [0.05, 0.1) is 0 Å². The van der Waals surface area contributed by atoms with Gasteiger partial charge in [-0.25, -0.2) is 0 Å². The molecule has 22 heavy (non-hydrogen) atoms. The van der Waals surface area contributed by atoms with Crippen LogP contribution in [0.3, 0.4) is 0 Å². The van der Waals surface area contributed by atoms with Gasteiger partial charge in [-0.05, 0) is 37.3 Å². The van der Waals surface area contributed by atoms with Gasteiger partial charge in [0, 0.05) is 44.2 Å². The Morgan fingerprint density at radius 1 is 1.23 bits per heavy atom. The first-order valence-corrected chi connectivity index (χ1v) is 8.12. The predicted octanol–water partition coefficient (Wildman–Crippen LogP) is 3.09.